The number of carbonyl (C=O) groups excluding carboxylic acids is 1. The van der Waals surface area contributed by atoms with E-state index in [1.54, 1.807) is 17.8 Å². The maximum absolute atomic E-state index is 11.7. The second kappa shape index (κ2) is 10.9. The molecule has 1 fully saturated rings. The number of ether oxygens (including phenoxy) is 1. The van der Waals surface area contributed by atoms with Crippen molar-refractivity contribution in [2.24, 2.45) is 0 Å². The Labute approximate surface area is 192 Å². The molecule has 0 saturated carbocycles. The van der Waals surface area contributed by atoms with Crippen molar-refractivity contribution < 1.29 is 9.53 Å². The zero-order chi connectivity index (χ0) is 22.2. The third-order valence-electron chi connectivity index (χ3n) is 4.99. The van der Waals surface area contributed by atoms with E-state index >= 15 is 0 Å². The van der Waals surface area contributed by atoms with E-state index in [-0.39, 0.29) is 5.91 Å². The topological polar surface area (TPSA) is 67.4 Å². The van der Waals surface area contributed by atoms with Gasteiger partial charge in [0.25, 0.3) is 0 Å². The maximum Gasteiger partial charge on any atom is 0.248 e. The van der Waals surface area contributed by atoms with Gasteiger partial charge in [-0.3, -0.25) is 4.79 Å². The van der Waals surface area contributed by atoms with Gasteiger partial charge >= 0.3 is 0 Å². The lowest BCUT2D eigenvalue weighted by molar-refractivity contribution is -0.111. The van der Waals surface area contributed by atoms with E-state index in [1.807, 2.05) is 43.5 Å². The van der Waals surface area contributed by atoms with E-state index in [9.17, 15) is 4.79 Å². The summed E-state index contributed by atoms with van der Waals surface area (Å²) in [6.45, 7) is 5.20. The Morgan fingerprint density at radius 2 is 1.97 bits per heavy atom. The Bertz CT molecular complexity index is 1080. The molecule has 1 saturated heterocycles. The molecule has 0 unspecified atom stereocenters. The summed E-state index contributed by atoms with van der Waals surface area (Å²) in [7, 11) is 0. The molecule has 0 aliphatic carbocycles. The lowest BCUT2D eigenvalue weighted by atomic mass is 10.1. The van der Waals surface area contributed by atoms with Gasteiger partial charge in [0.05, 0.1) is 13.2 Å². The molecule has 1 N–H and O–H groups in total. The van der Waals surface area contributed by atoms with Gasteiger partial charge in [0, 0.05) is 42.0 Å². The van der Waals surface area contributed by atoms with Gasteiger partial charge in [-0.2, -0.15) is 0 Å². The number of nitrogens with zero attached hydrogens (tertiary/aromatic N) is 3. The summed E-state index contributed by atoms with van der Waals surface area (Å²) in [5.41, 5.74) is 3.18. The predicted molar refractivity (Wildman–Crippen MR) is 128 cm³/mol. The third kappa shape index (κ3) is 6.18. The van der Waals surface area contributed by atoms with Crippen LogP contribution in [0.4, 0.5) is 11.4 Å². The van der Waals surface area contributed by atoms with Crippen LogP contribution in [-0.4, -0.2) is 42.2 Å². The van der Waals surface area contributed by atoms with Crippen LogP contribution in [0.25, 0.3) is 0 Å². The normalized spacial score (nSPS) is 14.0. The van der Waals surface area contributed by atoms with Crippen LogP contribution in [0, 0.1) is 0 Å². The van der Waals surface area contributed by atoms with Gasteiger partial charge in [-0.05, 0) is 61.0 Å². The summed E-state index contributed by atoms with van der Waals surface area (Å²) < 4.78 is 5.46. The zero-order valence-electron chi connectivity index (χ0n) is 18.0. The van der Waals surface area contributed by atoms with Gasteiger partial charge in [-0.15, -0.1) is 0 Å². The minimum Gasteiger partial charge on any atom is -0.378 e. The van der Waals surface area contributed by atoms with Crippen LogP contribution in [0.5, 0.6) is 0 Å². The van der Waals surface area contributed by atoms with Crippen molar-refractivity contribution in [3.05, 3.63) is 84.3 Å². The molecule has 4 rings (SSSR count). The number of rotatable bonds is 7. The summed E-state index contributed by atoms with van der Waals surface area (Å²) in [5, 5.41) is 3.72. The fourth-order valence-electron chi connectivity index (χ4n) is 3.45. The molecule has 0 bridgehead atoms. The highest BCUT2D eigenvalue weighted by Crippen LogP contribution is 2.27. The summed E-state index contributed by atoms with van der Waals surface area (Å²) in [6.07, 6.45) is 5.71. The number of hydrogen-bond acceptors (Lipinski definition) is 6. The number of nitrogens with one attached hydrogen (secondary N) is 1. The van der Waals surface area contributed by atoms with Gasteiger partial charge < -0.3 is 15.0 Å². The van der Waals surface area contributed by atoms with Gasteiger partial charge in [-0.25, -0.2) is 9.97 Å². The molecule has 6 nitrogen and oxygen atoms in total. The molecular weight excluding hydrogens is 420 g/mol. The van der Waals surface area contributed by atoms with Gasteiger partial charge in [0.1, 0.15) is 10.9 Å². The van der Waals surface area contributed by atoms with Crippen LogP contribution in [0.3, 0.4) is 0 Å². The SMILES string of the molecule is C/C=C\C(=O)Nc1ccc(Sc2ccnc(Cc3cccc(N4CCOCC4)c3)n2)cc1. The Kier molecular flexibility index (Phi) is 7.53. The van der Waals surface area contributed by atoms with Crippen LogP contribution in [0.1, 0.15) is 18.3 Å². The highest BCUT2D eigenvalue weighted by atomic mass is 32.2. The molecule has 32 heavy (non-hydrogen) atoms. The molecule has 2 aromatic carbocycles. The van der Waals surface area contributed by atoms with Crippen molar-refractivity contribution >= 4 is 29.0 Å². The minimum atomic E-state index is -0.133. The Morgan fingerprint density at radius 1 is 1.16 bits per heavy atom. The number of morpholine rings is 1. The number of benzene rings is 2. The average Bonchev–Trinajstić information content (AvgIpc) is 2.82. The molecule has 0 spiro atoms. The standard InChI is InChI=1S/C25H26N4O2S/c1-2-4-24(30)27-20-7-9-22(10-8-20)32-25-11-12-26-23(28-25)18-19-5-3-6-21(17-19)29-13-15-31-16-14-29/h2-12,17H,13-16,18H2,1H3,(H,27,30)/b4-2-. The van der Waals surface area contributed by atoms with Gasteiger partial charge in [0.15, 0.2) is 0 Å². The number of aromatic nitrogens is 2. The molecule has 1 amide bonds. The summed E-state index contributed by atoms with van der Waals surface area (Å²) in [4.78, 5) is 24.3. The quantitative estimate of drug-likeness (QED) is 0.424. The van der Waals surface area contributed by atoms with Crippen molar-refractivity contribution in [2.45, 2.75) is 23.3 Å². The van der Waals surface area contributed by atoms with E-state index < -0.39 is 0 Å². The fourth-order valence-corrected chi connectivity index (χ4v) is 4.25. The Balaban J connectivity index is 1.40. The maximum atomic E-state index is 11.7. The van der Waals surface area contributed by atoms with E-state index in [4.69, 9.17) is 9.72 Å². The minimum absolute atomic E-state index is 0.133. The molecule has 0 radical (unpaired) electrons. The Hall–Kier alpha value is -3.16. The highest BCUT2D eigenvalue weighted by Gasteiger charge is 2.12. The first-order chi connectivity index (χ1) is 15.7. The Morgan fingerprint density at radius 3 is 2.75 bits per heavy atom. The zero-order valence-corrected chi connectivity index (χ0v) is 18.8. The van der Waals surface area contributed by atoms with Crippen molar-refractivity contribution in [2.75, 3.05) is 36.5 Å². The van der Waals surface area contributed by atoms with Crippen molar-refractivity contribution in [1.29, 1.82) is 0 Å². The number of anilines is 2. The number of allylic oxidation sites excluding steroid dienone is 1. The third-order valence-corrected chi connectivity index (χ3v) is 5.94. The average molecular weight is 447 g/mol. The van der Waals surface area contributed by atoms with Crippen molar-refractivity contribution in [3.63, 3.8) is 0 Å². The number of amides is 1. The monoisotopic (exact) mass is 446 g/mol. The number of carbonyl (C=O) groups is 1. The lowest BCUT2D eigenvalue weighted by Crippen LogP contribution is -2.36. The molecule has 1 aliphatic rings. The van der Waals surface area contributed by atoms with Gasteiger partial charge in [-0.1, -0.05) is 30.0 Å². The van der Waals surface area contributed by atoms with E-state index in [2.05, 4.69) is 39.5 Å². The summed E-state index contributed by atoms with van der Waals surface area (Å²) in [6, 6.07) is 18.2. The predicted octanol–water partition coefficient (Wildman–Crippen LogP) is 4.57. The second-order valence-electron chi connectivity index (χ2n) is 7.37. The molecule has 3 aromatic rings. The van der Waals surface area contributed by atoms with E-state index in [1.165, 1.54) is 17.3 Å². The first-order valence-electron chi connectivity index (χ1n) is 10.6. The van der Waals surface area contributed by atoms with Gasteiger partial charge in [0.2, 0.25) is 5.91 Å². The van der Waals surface area contributed by atoms with Crippen molar-refractivity contribution in [3.8, 4) is 0 Å². The first-order valence-corrected chi connectivity index (χ1v) is 11.5. The molecular formula is C25H26N4O2S. The van der Waals surface area contributed by atoms with Crippen LogP contribution >= 0.6 is 11.8 Å². The van der Waals surface area contributed by atoms with Crippen LogP contribution in [0.2, 0.25) is 0 Å². The molecule has 1 aromatic heterocycles. The van der Waals surface area contributed by atoms with Crippen LogP contribution in [-0.2, 0) is 16.0 Å². The molecule has 0 atom stereocenters. The van der Waals surface area contributed by atoms with Crippen molar-refractivity contribution in [1.82, 2.24) is 9.97 Å². The molecule has 1 aliphatic heterocycles. The largest absolute Gasteiger partial charge is 0.378 e. The second-order valence-corrected chi connectivity index (χ2v) is 8.47. The van der Waals surface area contributed by atoms with Crippen LogP contribution < -0.4 is 10.2 Å². The summed E-state index contributed by atoms with van der Waals surface area (Å²) >= 11 is 1.58. The first kappa shape index (κ1) is 22.0. The van der Waals surface area contributed by atoms with E-state index in [0.717, 1.165) is 47.7 Å². The molecule has 2 heterocycles. The lowest BCUT2D eigenvalue weighted by Gasteiger charge is -2.29. The highest BCUT2D eigenvalue weighted by molar-refractivity contribution is 7.99. The fraction of sp³-hybridized carbons (Fsp3) is 0.240. The molecule has 7 heteroatoms. The summed E-state index contributed by atoms with van der Waals surface area (Å²) in [5.74, 6) is 0.662. The smallest absolute Gasteiger partial charge is 0.248 e. The van der Waals surface area contributed by atoms with E-state index in [0.29, 0.717) is 6.42 Å². The van der Waals surface area contributed by atoms with Crippen LogP contribution in [0.15, 0.2) is 82.9 Å². The number of hydrogen-bond donors (Lipinski definition) is 1. The molecule has 164 valence electrons.